The molecule has 0 saturated heterocycles. The van der Waals surface area contributed by atoms with Crippen LogP contribution in [0.5, 0.6) is 0 Å². The van der Waals surface area contributed by atoms with E-state index in [-0.39, 0.29) is 19.3 Å². The highest BCUT2D eigenvalue weighted by Crippen LogP contribution is 2.18. The van der Waals surface area contributed by atoms with Gasteiger partial charge in [0.15, 0.2) is 0 Å². The monoisotopic (exact) mass is 526 g/mol. The van der Waals surface area contributed by atoms with Gasteiger partial charge in [0.2, 0.25) is 0 Å². The van der Waals surface area contributed by atoms with E-state index in [1.807, 2.05) is 0 Å². The summed E-state index contributed by atoms with van der Waals surface area (Å²) in [4.78, 5) is 33.1. The zero-order valence-corrected chi connectivity index (χ0v) is 23.6. The third-order valence-electron chi connectivity index (χ3n) is 7.21. The Labute approximate surface area is 225 Å². The van der Waals surface area contributed by atoms with Crippen LogP contribution >= 0.6 is 0 Å². The molecule has 3 N–H and O–H groups in total. The molecule has 0 bridgehead atoms. The molecular formula is C30H56NO6+. The number of allylic oxidation sites excluding steroid dienone is 2. The van der Waals surface area contributed by atoms with Crippen LogP contribution in [0.1, 0.15) is 135 Å². The van der Waals surface area contributed by atoms with Gasteiger partial charge in [-0.1, -0.05) is 70.4 Å². The van der Waals surface area contributed by atoms with Crippen molar-refractivity contribution in [1.29, 1.82) is 0 Å². The minimum absolute atomic E-state index is 0.0849. The molecule has 0 aliphatic heterocycles. The van der Waals surface area contributed by atoms with Crippen molar-refractivity contribution in [3.05, 3.63) is 12.2 Å². The molecule has 0 aliphatic rings. The molecule has 0 aromatic rings. The SMILES string of the molecule is CCCCCCCCCCC/C=C/CCCCC[N+](CCCC(=O)O)(CCCC(=O)O)CCCC(=O)O. The van der Waals surface area contributed by atoms with E-state index < -0.39 is 17.9 Å². The van der Waals surface area contributed by atoms with Crippen LogP contribution in [0.4, 0.5) is 0 Å². The molecule has 7 heteroatoms. The molecule has 0 amide bonds. The second-order valence-electron chi connectivity index (χ2n) is 10.7. The van der Waals surface area contributed by atoms with Gasteiger partial charge in [0.05, 0.1) is 45.4 Å². The first-order valence-corrected chi connectivity index (χ1v) is 15.0. The summed E-state index contributed by atoms with van der Waals surface area (Å²) in [6, 6.07) is 0. The maximum absolute atomic E-state index is 11.0. The minimum atomic E-state index is -0.830. The van der Waals surface area contributed by atoms with Gasteiger partial charge in [0, 0.05) is 19.3 Å². The standard InChI is InChI=1S/C30H55NO6/c1-2-3-4-5-6-7-8-9-10-11-12-13-14-15-16-17-24-31(25-18-21-28(32)33,26-19-22-29(34)35)27-20-23-30(36)37/h12-13H,2-11,14-27H2,1H3,(H2-,32,33,34,35,36,37)/p+1/b13-12+. The lowest BCUT2D eigenvalue weighted by Gasteiger charge is -2.39. The largest absolute Gasteiger partial charge is 0.481 e. The molecule has 0 rings (SSSR count). The van der Waals surface area contributed by atoms with Gasteiger partial charge in [-0.2, -0.15) is 0 Å². The number of hydrogen-bond donors (Lipinski definition) is 3. The number of aliphatic carboxylic acids is 3. The number of carbonyl (C=O) groups is 3. The first-order valence-electron chi connectivity index (χ1n) is 15.0. The third-order valence-corrected chi connectivity index (χ3v) is 7.21. The summed E-state index contributed by atoms with van der Waals surface area (Å²) in [5.41, 5.74) is 0. The lowest BCUT2D eigenvalue weighted by molar-refractivity contribution is -0.929. The summed E-state index contributed by atoms with van der Waals surface area (Å²) in [5.74, 6) is -2.49. The Morgan fingerprint density at radius 1 is 0.486 bits per heavy atom. The zero-order chi connectivity index (χ0) is 27.6. The zero-order valence-electron chi connectivity index (χ0n) is 23.6. The van der Waals surface area contributed by atoms with E-state index in [9.17, 15) is 14.4 Å². The van der Waals surface area contributed by atoms with E-state index in [0.29, 0.717) is 43.4 Å². The average molecular weight is 527 g/mol. The molecule has 7 nitrogen and oxygen atoms in total. The second kappa shape index (κ2) is 24.4. The number of nitrogens with zero attached hydrogens (tertiary/aromatic N) is 1. The van der Waals surface area contributed by atoms with Crippen LogP contribution in [0.2, 0.25) is 0 Å². The normalized spacial score (nSPS) is 11.8. The van der Waals surface area contributed by atoms with Gasteiger partial charge >= 0.3 is 17.9 Å². The molecule has 0 radical (unpaired) electrons. The molecule has 0 fully saturated rings. The van der Waals surface area contributed by atoms with Crippen molar-refractivity contribution in [2.45, 2.75) is 135 Å². The summed E-state index contributed by atoms with van der Waals surface area (Å²) < 4.78 is 0.627. The first kappa shape index (κ1) is 35.1. The summed E-state index contributed by atoms with van der Waals surface area (Å²) in [5, 5.41) is 27.2. The maximum atomic E-state index is 11.0. The number of quaternary nitrogens is 1. The van der Waals surface area contributed by atoms with Gasteiger partial charge in [-0.15, -0.1) is 0 Å². The van der Waals surface area contributed by atoms with Crippen LogP contribution < -0.4 is 0 Å². The molecule has 0 aromatic carbocycles. The van der Waals surface area contributed by atoms with E-state index in [2.05, 4.69) is 19.1 Å². The van der Waals surface area contributed by atoms with Crippen LogP contribution in [0.25, 0.3) is 0 Å². The molecule has 216 valence electrons. The summed E-state index contributed by atoms with van der Waals surface area (Å²) >= 11 is 0. The predicted molar refractivity (Wildman–Crippen MR) is 150 cm³/mol. The number of unbranched alkanes of at least 4 members (excludes halogenated alkanes) is 12. The molecule has 0 heterocycles. The Morgan fingerprint density at radius 2 is 0.811 bits per heavy atom. The fraction of sp³-hybridized carbons (Fsp3) is 0.833. The fourth-order valence-corrected chi connectivity index (χ4v) is 5.06. The fourth-order valence-electron chi connectivity index (χ4n) is 5.06. The molecule has 0 atom stereocenters. The highest BCUT2D eigenvalue weighted by molar-refractivity contribution is 5.67. The Kier molecular flexibility index (Phi) is 23.2. The first-order chi connectivity index (χ1) is 17.8. The van der Waals surface area contributed by atoms with Crippen molar-refractivity contribution in [2.75, 3.05) is 26.2 Å². The van der Waals surface area contributed by atoms with Crippen LogP contribution in [-0.2, 0) is 14.4 Å². The van der Waals surface area contributed by atoms with Crippen LogP contribution in [0.3, 0.4) is 0 Å². The number of hydrogen-bond acceptors (Lipinski definition) is 3. The highest BCUT2D eigenvalue weighted by Gasteiger charge is 2.27. The van der Waals surface area contributed by atoms with E-state index in [4.69, 9.17) is 15.3 Å². The van der Waals surface area contributed by atoms with Gasteiger partial charge in [-0.25, -0.2) is 0 Å². The van der Waals surface area contributed by atoms with E-state index in [0.717, 1.165) is 38.6 Å². The van der Waals surface area contributed by atoms with Gasteiger partial charge in [-0.3, -0.25) is 14.4 Å². The maximum Gasteiger partial charge on any atom is 0.303 e. The Bertz CT molecular complexity index is 569. The molecule has 37 heavy (non-hydrogen) atoms. The molecule has 0 unspecified atom stereocenters. The van der Waals surface area contributed by atoms with Gasteiger partial charge in [0.1, 0.15) is 0 Å². The molecular weight excluding hydrogens is 470 g/mol. The van der Waals surface area contributed by atoms with Crippen molar-refractivity contribution in [3.8, 4) is 0 Å². The third kappa shape index (κ3) is 24.2. The van der Waals surface area contributed by atoms with E-state index in [1.165, 1.54) is 57.8 Å². The van der Waals surface area contributed by atoms with Crippen LogP contribution in [-0.4, -0.2) is 63.9 Å². The van der Waals surface area contributed by atoms with E-state index in [1.54, 1.807) is 0 Å². The molecule has 0 aromatic heterocycles. The molecule has 0 aliphatic carbocycles. The number of carboxylic acid groups (broad SMARTS) is 3. The quantitative estimate of drug-likeness (QED) is 0.0555. The van der Waals surface area contributed by atoms with E-state index >= 15 is 0 Å². The minimum Gasteiger partial charge on any atom is -0.481 e. The predicted octanol–water partition coefficient (Wildman–Crippen LogP) is 7.44. The lowest BCUT2D eigenvalue weighted by atomic mass is 10.1. The smallest absolute Gasteiger partial charge is 0.303 e. The van der Waals surface area contributed by atoms with Gasteiger partial charge in [-0.05, 0) is 38.5 Å². The summed E-state index contributed by atoms with van der Waals surface area (Å²) in [6.07, 6.45) is 24.0. The van der Waals surface area contributed by atoms with Crippen molar-refractivity contribution < 1.29 is 34.2 Å². The average Bonchev–Trinajstić information content (AvgIpc) is 2.83. The summed E-state index contributed by atoms with van der Waals surface area (Å²) in [7, 11) is 0. The van der Waals surface area contributed by atoms with Gasteiger partial charge < -0.3 is 19.8 Å². The molecule has 0 spiro atoms. The number of carboxylic acids is 3. The number of rotatable bonds is 28. The van der Waals surface area contributed by atoms with Crippen molar-refractivity contribution >= 4 is 17.9 Å². The highest BCUT2D eigenvalue weighted by atomic mass is 16.4. The van der Waals surface area contributed by atoms with Crippen molar-refractivity contribution in [3.63, 3.8) is 0 Å². The Hall–Kier alpha value is -1.89. The van der Waals surface area contributed by atoms with Gasteiger partial charge in [0.25, 0.3) is 0 Å². The Balaban J connectivity index is 4.34. The second-order valence-corrected chi connectivity index (χ2v) is 10.7. The molecule has 0 saturated carbocycles. The topological polar surface area (TPSA) is 112 Å². The van der Waals surface area contributed by atoms with Crippen molar-refractivity contribution in [2.24, 2.45) is 0 Å². The lowest BCUT2D eigenvalue weighted by Crippen LogP contribution is -2.51. The summed E-state index contributed by atoms with van der Waals surface area (Å²) in [6.45, 7) is 5.07. The van der Waals surface area contributed by atoms with Crippen molar-refractivity contribution in [1.82, 2.24) is 0 Å². The van der Waals surface area contributed by atoms with Crippen LogP contribution in [0, 0.1) is 0 Å². The van der Waals surface area contributed by atoms with Crippen LogP contribution in [0.15, 0.2) is 12.2 Å². The Morgan fingerprint density at radius 3 is 1.19 bits per heavy atom.